The van der Waals surface area contributed by atoms with Gasteiger partial charge in [0, 0.05) is 51.1 Å². The van der Waals surface area contributed by atoms with E-state index in [9.17, 15) is 4.39 Å². The number of hydrogen-bond acceptors (Lipinski definition) is 3. The molecule has 0 bridgehead atoms. The maximum absolute atomic E-state index is 14.0. The summed E-state index contributed by atoms with van der Waals surface area (Å²) in [7, 11) is 7.61. The van der Waals surface area contributed by atoms with E-state index in [1.165, 1.54) is 6.07 Å². The van der Waals surface area contributed by atoms with Gasteiger partial charge < -0.3 is 15.1 Å². The molecule has 0 fully saturated rings. The molecule has 166 valence electrons. The van der Waals surface area contributed by atoms with E-state index in [0.717, 1.165) is 22.8 Å². The number of benzene rings is 2. The van der Waals surface area contributed by atoms with Gasteiger partial charge in [0.05, 0.1) is 11.9 Å². The normalized spacial score (nSPS) is 11.4. The van der Waals surface area contributed by atoms with Crippen LogP contribution in [0.3, 0.4) is 0 Å². The Bertz CT molecular complexity index is 987. The molecule has 8 heteroatoms. The van der Waals surface area contributed by atoms with Crippen LogP contribution in [0, 0.1) is 5.82 Å². The Balaban J connectivity index is 0.00000341. The first kappa shape index (κ1) is 24.8. The van der Waals surface area contributed by atoms with Crippen molar-refractivity contribution < 1.29 is 4.39 Å². The number of nitrogens with one attached hydrogen (secondary N) is 1. The van der Waals surface area contributed by atoms with E-state index in [4.69, 9.17) is 0 Å². The third-order valence-electron chi connectivity index (χ3n) is 4.70. The smallest absolute Gasteiger partial charge is 0.193 e. The van der Waals surface area contributed by atoms with Gasteiger partial charge >= 0.3 is 0 Å². The second-order valence-corrected chi connectivity index (χ2v) is 7.55. The van der Waals surface area contributed by atoms with Crippen LogP contribution >= 0.6 is 24.0 Å². The molecule has 0 aliphatic carbocycles. The van der Waals surface area contributed by atoms with Crippen molar-refractivity contribution >= 4 is 29.9 Å². The number of halogens is 2. The number of guanidine groups is 1. The molecule has 31 heavy (non-hydrogen) atoms. The molecule has 2 aromatic carbocycles. The Labute approximate surface area is 200 Å². The fourth-order valence-electron chi connectivity index (χ4n) is 3.28. The van der Waals surface area contributed by atoms with E-state index in [0.29, 0.717) is 25.2 Å². The lowest BCUT2D eigenvalue weighted by molar-refractivity contribution is 0.392. The molecule has 1 heterocycles. The zero-order chi connectivity index (χ0) is 21.5. The first-order valence-corrected chi connectivity index (χ1v) is 9.89. The van der Waals surface area contributed by atoms with Gasteiger partial charge in [-0.3, -0.25) is 4.99 Å². The van der Waals surface area contributed by atoms with Crippen LogP contribution in [0.4, 0.5) is 4.39 Å². The lowest BCUT2D eigenvalue weighted by Crippen LogP contribution is -2.38. The van der Waals surface area contributed by atoms with Gasteiger partial charge in [0.15, 0.2) is 5.96 Å². The first-order chi connectivity index (χ1) is 14.5. The Morgan fingerprint density at radius 1 is 1.06 bits per heavy atom. The minimum absolute atomic E-state index is 0. The third kappa shape index (κ3) is 7.03. The van der Waals surface area contributed by atoms with Gasteiger partial charge in [-0.2, -0.15) is 5.10 Å². The lowest BCUT2D eigenvalue weighted by atomic mass is 10.1. The van der Waals surface area contributed by atoms with Crippen molar-refractivity contribution in [1.29, 1.82) is 0 Å². The maximum Gasteiger partial charge on any atom is 0.193 e. The summed E-state index contributed by atoms with van der Waals surface area (Å²) < 4.78 is 15.9. The Kier molecular flexibility index (Phi) is 9.44. The SMILES string of the molecule is CN=C(NCc1ccc(F)c(CN(C)C)c1)N(C)Cc1cnn(-c2ccccc2)c1.I. The van der Waals surface area contributed by atoms with Crippen LogP contribution in [-0.4, -0.2) is 53.7 Å². The van der Waals surface area contributed by atoms with Gasteiger partial charge in [0.1, 0.15) is 5.82 Å². The minimum atomic E-state index is -0.177. The summed E-state index contributed by atoms with van der Waals surface area (Å²) in [6, 6.07) is 15.3. The number of aliphatic imine (C=N–C) groups is 1. The topological polar surface area (TPSA) is 48.7 Å². The highest BCUT2D eigenvalue weighted by atomic mass is 127. The van der Waals surface area contributed by atoms with Gasteiger partial charge in [-0.05, 0) is 43.9 Å². The van der Waals surface area contributed by atoms with Crippen molar-refractivity contribution in [3.05, 3.63) is 83.4 Å². The quantitative estimate of drug-likeness (QED) is 0.283. The Morgan fingerprint density at radius 2 is 1.81 bits per heavy atom. The summed E-state index contributed by atoms with van der Waals surface area (Å²) in [5.74, 6) is 0.588. The van der Waals surface area contributed by atoms with Crippen LogP contribution in [0.25, 0.3) is 5.69 Å². The van der Waals surface area contributed by atoms with Gasteiger partial charge in [0.25, 0.3) is 0 Å². The van der Waals surface area contributed by atoms with Crippen molar-refractivity contribution in [2.24, 2.45) is 4.99 Å². The Morgan fingerprint density at radius 3 is 2.48 bits per heavy atom. The van der Waals surface area contributed by atoms with Crippen molar-refractivity contribution in [2.75, 3.05) is 28.2 Å². The summed E-state index contributed by atoms with van der Waals surface area (Å²) in [6.07, 6.45) is 3.89. The van der Waals surface area contributed by atoms with Crippen LogP contribution in [0.5, 0.6) is 0 Å². The molecular formula is C23H30FIN6. The van der Waals surface area contributed by atoms with Gasteiger partial charge in [-0.25, -0.2) is 9.07 Å². The summed E-state index contributed by atoms with van der Waals surface area (Å²) in [6.45, 7) is 1.81. The molecule has 0 atom stereocenters. The maximum atomic E-state index is 14.0. The van der Waals surface area contributed by atoms with Crippen molar-refractivity contribution in [2.45, 2.75) is 19.6 Å². The summed E-state index contributed by atoms with van der Waals surface area (Å²) in [4.78, 5) is 8.37. The zero-order valence-corrected chi connectivity index (χ0v) is 20.7. The molecule has 0 amide bonds. The number of para-hydroxylation sites is 1. The lowest BCUT2D eigenvalue weighted by Gasteiger charge is -2.21. The molecule has 3 aromatic rings. The highest BCUT2D eigenvalue weighted by Gasteiger charge is 2.10. The molecule has 3 rings (SSSR count). The molecule has 0 spiro atoms. The summed E-state index contributed by atoms with van der Waals surface area (Å²) in [5.41, 5.74) is 3.81. The number of nitrogens with zero attached hydrogens (tertiary/aromatic N) is 5. The predicted molar refractivity (Wildman–Crippen MR) is 134 cm³/mol. The molecule has 0 aliphatic rings. The highest BCUT2D eigenvalue weighted by molar-refractivity contribution is 14.0. The van der Waals surface area contributed by atoms with Crippen molar-refractivity contribution in [3.63, 3.8) is 0 Å². The molecule has 1 aromatic heterocycles. The average molecular weight is 536 g/mol. The number of hydrogen-bond donors (Lipinski definition) is 1. The van der Waals surface area contributed by atoms with Gasteiger partial charge in [0.2, 0.25) is 0 Å². The van der Waals surface area contributed by atoms with E-state index in [-0.39, 0.29) is 29.8 Å². The highest BCUT2D eigenvalue weighted by Crippen LogP contribution is 2.13. The van der Waals surface area contributed by atoms with E-state index in [2.05, 4.69) is 15.4 Å². The molecule has 0 radical (unpaired) electrons. The number of rotatable bonds is 7. The molecule has 0 aliphatic heterocycles. The van der Waals surface area contributed by atoms with Crippen LogP contribution in [0.15, 0.2) is 65.9 Å². The molecule has 6 nitrogen and oxygen atoms in total. The second kappa shape index (κ2) is 11.8. The average Bonchev–Trinajstić information content (AvgIpc) is 3.19. The molecule has 0 saturated carbocycles. The van der Waals surface area contributed by atoms with E-state index < -0.39 is 0 Å². The first-order valence-electron chi connectivity index (χ1n) is 9.89. The standard InChI is InChI=1S/C23H29FN6.HI/c1-25-23(26-13-18-10-11-22(24)20(12-18)17-28(2)3)29(4)15-19-14-27-30(16-19)21-8-6-5-7-9-21;/h5-12,14,16H,13,15,17H2,1-4H3,(H,25,26);1H. The second-order valence-electron chi connectivity index (χ2n) is 7.55. The van der Waals surface area contributed by atoms with Gasteiger partial charge in [-0.15, -0.1) is 24.0 Å². The summed E-state index contributed by atoms with van der Waals surface area (Å²) in [5, 5.41) is 7.81. The number of aromatic nitrogens is 2. The molecule has 0 unspecified atom stereocenters. The largest absolute Gasteiger partial charge is 0.352 e. The molecule has 0 saturated heterocycles. The molecule has 1 N–H and O–H groups in total. The fraction of sp³-hybridized carbons (Fsp3) is 0.304. The van der Waals surface area contributed by atoms with Crippen LogP contribution in [0.1, 0.15) is 16.7 Å². The van der Waals surface area contributed by atoms with Crippen LogP contribution < -0.4 is 5.32 Å². The van der Waals surface area contributed by atoms with E-state index >= 15 is 0 Å². The minimum Gasteiger partial charge on any atom is -0.352 e. The predicted octanol–water partition coefficient (Wildman–Crippen LogP) is 3.90. The Hall–Kier alpha value is -2.46. The third-order valence-corrected chi connectivity index (χ3v) is 4.70. The van der Waals surface area contributed by atoms with Crippen LogP contribution in [-0.2, 0) is 19.6 Å². The van der Waals surface area contributed by atoms with Crippen molar-refractivity contribution in [3.8, 4) is 5.69 Å². The van der Waals surface area contributed by atoms with Crippen LogP contribution in [0.2, 0.25) is 0 Å². The zero-order valence-electron chi connectivity index (χ0n) is 18.4. The molecular weight excluding hydrogens is 506 g/mol. The van der Waals surface area contributed by atoms with E-state index in [1.54, 1.807) is 13.1 Å². The van der Waals surface area contributed by atoms with Crippen molar-refractivity contribution in [1.82, 2.24) is 24.9 Å². The monoisotopic (exact) mass is 536 g/mol. The van der Waals surface area contributed by atoms with E-state index in [1.807, 2.05) is 84.4 Å². The summed E-state index contributed by atoms with van der Waals surface area (Å²) >= 11 is 0. The van der Waals surface area contributed by atoms with Gasteiger partial charge in [-0.1, -0.05) is 24.3 Å². The fourth-order valence-corrected chi connectivity index (χ4v) is 3.28.